The van der Waals surface area contributed by atoms with Crippen molar-refractivity contribution in [2.75, 3.05) is 0 Å². The monoisotopic (exact) mass is 428 g/mol. The lowest BCUT2D eigenvalue weighted by Crippen LogP contribution is -2.55. The van der Waals surface area contributed by atoms with Crippen molar-refractivity contribution in [3.63, 3.8) is 0 Å². The smallest absolute Gasteiger partial charge is 0.118 e. The first-order valence-corrected chi connectivity index (χ1v) is 13.0. The molecule has 5 rings (SSSR count). The summed E-state index contributed by atoms with van der Waals surface area (Å²) in [6, 6.07) is 0. The van der Waals surface area contributed by atoms with Gasteiger partial charge in [-0.25, -0.2) is 0 Å². The van der Waals surface area contributed by atoms with Gasteiger partial charge >= 0.3 is 0 Å². The number of aliphatic hydroxyl groups is 2. The molecular formula is C28H44O3. The third-order valence-electron chi connectivity index (χ3n) is 10.9. The van der Waals surface area contributed by atoms with Crippen LogP contribution in [0.15, 0.2) is 23.3 Å². The molecule has 0 aromatic rings. The molecule has 0 aromatic carbocycles. The van der Waals surface area contributed by atoms with E-state index in [1.54, 1.807) is 0 Å². The van der Waals surface area contributed by atoms with E-state index >= 15 is 0 Å². The molecule has 1 aliphatic heterocycles. The Morgan fingerprint density at radius 2 is 1.74 bits per heavy atom. The average molecular weight is 429 g/mol. The fourth-order valence-electron chi connectivity index (χ4n) is 8.47. The topological polar surface area (TPSA) is 53.0 Å². The van der Waals surface area contributed by atoms with E-state index in [1.165, 1.54) is 30.4 Å². The summed E-state index contributed by atoms with van der Waals surface area (Å²) in [5.41, 5.74) is 2.84. The lowest BCUT2D eigenvalue weighted by atomic mass is 9.50. The normalized spacial score (nSPS) is 50.7. The van der Waals surface area contributed by atoms with Crippen molar-refractivity contribution < 1.29 is 14.9 Å². The van der Waals surface area contributed by atoms with Crippen LogP contribution in [-0.4, -0.2) is 34.1 Å². The van der Waals surface area contributed by atoms with E-state index in [9.17, 15) is 10.2 Å². The predicted octanol–water partition coefficient (Wildman–Crippen LogP) is 5.66. The van der Waals surface area contributed by atoms with E-state index in [1.807, 2.05) is 0 Å². The van der Waals surface area contributed by atoms with Crippen molar-refractivity contribution in [2.45, 2.75) is 110 Å². The fraction of sp³-hybridized carbons (Fsp3) is 0.857. The van der Waals surface area contributed by atoms with Crippen LogP contribution >= 0.6 is 0 Å². The Bertz CT molecular complexity index is 798. The first-order chi connectivity index (χ1) is 14.5. The lowest BCUT2D eigenvalue weighted by molar-refractivity contribution is -0.000636. The minimum Gasteiger partial charge on any atom is -0.393 e. The maximum Gasteiger partial charge on any atom is 0.118 e. The van der Waals surface area contributed by atoms with Crippen LogP contribution in [0.4, 0.5) is 0 Å². The molecular weight excluding hydrogens is 384 g/mol. The highest BCUT2D eigenvalue weighted by atomic mass is 16.6. The molecule has 0 radical (unpaired) electrons. The maximum atomic E-state index is 11.5. The van der Waals surface area contributed by atoms with Crippen molar-refractivity contribution >= 4 is 0 Å². The van der Waals surface area contributed by atoms with Gasteiger partial charge in [-0.15, -0.1) is 0 Å². The van der Waals surface area contributed by atoms with E-state index in [2.05, 4.69) is 53.7 Å². The van der Waals surface area contributed by atoms with Gasteiger partial charge in [-0.1, -0.05) is 59.3 Å². The highest BCUT2D eigenvalue weighted by molar-refractivity contribution is 5.45. The van der Waals surface area contributed by atoms with Crippen LogP contribution in [0.3, 0.4) is 0 Å². The molecule has 0 bridgehead atoms. The Balaban J connectivity index is 1.45. The summed E-state index contributed by atoms with van der Waals surface area (Å²) in [7, 11) is 0. The fourth-order valence-corrected chi connectivity index (χ4v) is 8.47. The van der Waals surface area contributed by atoms with Crippen LogP contribution in [0, 0.1) is 40.4 Å². The Kier molecular flexibility index (Phi) is 5.13. The molecule has 31 heavy (non-hydrogen) atoms. The molecule has 0 amide bonds. The molecule has 1 heterocycles. The molecule has 174 valence electrons. The third-order valence-corrected chi connectivity index (χ3v) is 10.9. The summed E-state index contributed by atoms with van der Waals surface area (Å²) in [6.07, 6.45) is 11.4. The van der Waals surface area contributed by atoms with Crippen LogP contribution in [0.1, 0.15) is 86.5 Å². The highest BCUT2D eigenvalue weighted by Gasteiger charge is 2.76. The second kappa shape index (κ2) is 7.18. The van der Waals surface area contributed by atoms with Crippen LogP contribution in [0.25, 0.3) is 0 Å². The second-order valence-electron chi connectivity index (χ2n) is 12.6. The molecule has 0 aromatic heterocycles. The van der Waals surface area contributed by atoms with E-state index in [4.69, 9.17) is 4.74 Å². The molecule has 4 aliphatic carbocycles. The zero-order valence-corrected chi connectivity index (χ0v) is 20.5. The molecule has 2 saturated carbocycles. The number of allylic oxidation sites excluding steroid dienone is 2. The standard InChI is InChI=1S/C28H44O3/c1-16(2)17(3)7-8-18(4)20-9-10-21-23-22(12-13-26(20,21)5)27(6)14-11-19(29)15-28(27)25(31-28)24(23)30/h7-8,16-21,24-25,29-30H,9-15H2,1-6H3/b8-7+. The van der Waals surface area contributed by atoms with E-state index in [0.29, 0.717) is 36.0 Å². The van der Waals surface area contributed by atoms with E-state index in [-0.39, 0.29) is 28.6 Å². The van der Waals surface area contributed by atoms with Crippen LogP contribution < -0.4 is 0 Å². The first kappa shape index (κ1) is 22.2. The summed E-state index contributed by atoms with van der Waals surface area (Å²) in [5, 5.41) is 21.9. The Morgan fingerprint density at radius 1 is 1.00 bits per heavy atom. The van der Waals surface area contributed by atoms with E-state index in [0.717, 1.165) is 19.3 Å². The zero-order valence-electron chi connectivity index (χ0n) is 20.5. The number of aliphatic hydroxyl groups excluding tert-OH is 2. The lowest BCUT2D eigenvalue weighted by Gasteiger charge is -2.54. The van der Waals surface area contributed by atoms with Crippen molar-refractivity contribution in [3.05, 3.63) is 23.3 Å². The van der Waals surface area contributed by atoms with Gasteiger partial charge in [0.1, 0.15) is 17.8 Å². The summed E-state index contributed by atoms with van der Waals surface area (Å²) >= 11 is 0. The Morgan fingerprint density at radius 3 is 2.45 bits per heavy atom. The number of fused-ring (bicyclic) bond motifs is 3. The van der Waals surface area contributed by atoms with Gasteiger partial charge in [0.15, 0.2) is 0 Å². The molecule has 5 aliphatic rings. The van der Waals surface area contributed by atoms with Crippen LogP contribution in [-0.2, 0) is 4.74 Å². The molecule has 1 spiro atoms. The van der Waals surface area contributed by atoms with Gasteiger partial charge in [-0.05, 0) is 79.1 Å². The number of epoxide rings is 1. The quantitative estimate of drug-likeness (QED) is 0.449. The molecule has 3 nitrogen and oxygen atoms in total. The molecule has 1 saturated heterocycles. The summed E-state index contributed by atoms with van der Waals surface area (Å²) in [4.78, 5) is 0. The van der Waals surface area contributed by atoms with Crippen molar-refractivity contribution in [1.29, 1.82) is 0 Å². The minimum atomic E-state index is -0.469. The van der Waals surface area contributed by atoms with Gasteiger partial charge in [0.25, 0.3) is 0 Å². The third kappa shape index (κ3) is 2.95. The van der Waals surface area contributed by atoms with Gasteiger partial charge in [-0.2, -0.15) is 0 Å². The van der Waals surface area contributed by atoms with Crippen molar-refractivity contribution in [1.82, 2.24) is 0 Å². The Labute approximate surface area is 189 Å². The molecule has 2 N–H and O–H groups in total. The SMILES string of the molecule is CC(C)C(C)/C=C/C(C)C1CCC2C3=C(CCC21C)C1(C)CCC(O)CC12OC2C3O. The molecule has 3 fully saturated rings. The van der Waals surface area contributed by atoms with Gasteiger partial charge < -0.3 is 14.9 Å². The van der Waals surface area contributed by atoms with Gasteiger partial charge in [-0.3, -0.25) is 0 Å². The van der Waals surface area contributed by atoms with Crippen molar-refractivity contribution in [2.24, 2.45) is 40.4 Å². The van der Waals surface area contributed by atoms with E-state index < -0.39 is 6.10 Å². The number of rotatable bonds is 4. The second-order valence-corrected chi connectivity index (χ2v) is 12.6. The number of hydrogen-bond donors (Lipinski definition) is 2. The number of ether oxygens (including phenoxy) is 1. The largest absolute Gasteiger partial charge is 0.393 e. The summed E-state index contributed by atoms with van der Waals surface area (Å²) < 4.78 is 6.33. The van der Waals surface area contributed by atoms with Crippen molar-refractivity contribution in [3.8, 4) is 0 Å². The first-order valence-electron chi connectivity index (χ1n) is 13.0. The molecule has 10 atom stereocenters. The maximum absolute atomic E-state index is 11.5. The Hall–Kier alpha value is -0.640. The minimum absolute atomic E-state index is 0.00307. The highest BCUT2D eigenvalue weighted by Crippen LogP contribution is 2.72. The number of hydrogen-bond acceptors (Lipinski definition) is 3. The zero-order chi connectivity index (χ0) is 22.3. The predicted molar refractivity (Wildman–Crippen MR) is 124 cm³/mol. The summed E-state index contributed by atoms with van der Waals surface area (Å²) in [5.74, 6) is 3.05. The molecule has 3 heteroatoms. The molecule has 10 unspecified atom stereocenters. The van der Waals surface area contributed by atoms with Gasteiger partial charge in [0, 0.05) is 11.8 Å². The van der Waals surface area contributed by atoms with Crippen LogP contribution in [0.2, 0.25) is 0 Å². The summed E-state index contributed by atoms with van der Waals surface area (Å²) in [6.45, 7) is 14.3. The van der Waals surface area contributed by atoms with Gasteiger partial charge in [0.05, 0.1) is 6.10 Å². The average Bonchev–Trinajstić information content (AvgIpc) is 3.34. The van der Waals surface area contributed by atoms with Crippen LogP contribution in [0.5, 0.6) is 0 Å². The van der Waals surface area contributed by atoms with Gasteiger partial charge in [0.2, 0.25) is 0 Å².